The van der Waals surface area contributed by atoms with Crippen LogP contribution in [0.1, 0.15) is 70.1 Å². The molecule has 4 bridgehead atoms. The maximum absolute atomic E-state index is 13.7. The third kappa shape index (κ3) is 5.20. The summed E-state index contributed by atoms with van der Waals surface area (Å²) >= 11 is 1.44. The van der Waals surface area contributed by atoms with Crippen molar-refractivity contribution in [2.45, 2.75) is 88.6 Å². The monoisotopic (exact) mass is 707 g/mol. The average molecular weight is 708 g/mol. The number of hydrogen-bond donors (Lipinski definition) is 3. The van der Waals surface area contributed by atoms with Crippen LogP contribution in [0.3, 0.4) is 0 Å². The first-order valence-electron chi connectivity index (χ1n) is 17.0. The van der Waals surface area contributed by atoms with Crippen LogP contribution >= 0.6 is 11.8 Å². The number of carbonyl (C=O) groups excluding carboxylic acids is 2. The van der Waals surface area contributed by atoms with Gasteiger partial charge in [-0.3, -0.25) is 14.6 Å². The Kier molecular flexibility index (Phi) is 9.09. The van der Waals surface area contributed by atoms with Gasteiger partial charge < -0.3 is 39.8 Å². The maximum atomic E-state index is 13.7. The van der Waals surface area contributed by atoms with Crippen molar-refractivity contribution in [3.05, 3.63) is 45.0 Å². The summed E-state index contributed by atoms with van der Waals surface area (Å²) in [7, 11) is 3.64. The van der Waals surface area contributed by atoms with Crippen LogP contribution < -0.4 is 25.3 Å². The number of nitrogens with two attached hydrogens (primary N) is 1. The molecule has 5 aliphatic heterocycles. The van der Waals surface area contributed by atoms with Crippen molar-refractivity contribution in [1.82, 2.24) is 15.1 Å². The number of phenols is 1. The standard InChI is InChI=1S/C36H45N5O8S/c1-15(2)27(38)35(43)39-20-12-50-34-26-25(33-32(48-14-49-33)18(5)30(26)42)23(11-46-36(20)44)41-22(10-37)21-9-19-8-16(3)17(4)31(47-13-45-7)24(19)28(29(34)41)40(21)6/h8,15,20-23,27-29,34,42H,9,11-14,38H2,1-7H3,(H,39,43)/t20?,21-,22-,23+,27?,28+,29?,34+/m0/s1. The first-order valence-corrected chi connectivity index (χ1v) is 18.1. The molecule has 0 radical (unpaired) electrons. The fraction of sp³-hybridized carbons (Fsp3) is 0.583. The molecule has 5 heterocycles. The summed E-state index contributed by atoms with van der Waals surface area (Å²) in [6.45, 7) is 9.49. The Morgan fingerprint density at radius 1 is 1.18 bits per heavy atom. The SMILES string of the molecule is COCOc1c(C)c(C)cc2c1[C@@H]1C3[C@@H]4SCC(NC(=O)C(N)C(C)C)C(=O)OC[C@H](c5c6c(c(C)c(O)c54)OCO6)N3[C@@H](C#N)[C@H](C2)N1C. The van der Waals surface area contributed by atoms with Gasteiger partial charge >= 0.3 is 5.97 Å². The molecule has 50 heavy (non-hydrogen) atoms. The van der Waals surface area contributed by atoms with Crippen LogP contribution in [0.25, 0.3) is 0 Å². The van der Waals surface area contributed by atoms with Gasteiger partial charge in [-0.05, 0) is 56.8 Å². The second-order valence-corrected chi connectivity index (χ2v) is 15.4. The van der Waals surface area contributed by atoms with E-state index in [1.165, 1.54) is 11.8 Å². The molecule has 7 rings (SSSR count). The number of aromatic hydroxyl groups is 1. The van der Waals surface area contributed by atoms with Crippen molar-refractivity contribution in [2.75, 3.05) is 40.1 Å². The van der Waals surface area contributed by atoms with E-state index in [1.54, 1.807) is 14.0 Å². The number of benzene rings is 2. The van der Waals surface area contributed by atoms with E-state index in [0.29, 0.717) is 34.6 Å². The number of carbonyl (C=O) groups is 2. The van der Waals surface area contributed by atoms with Gasteiger partial charge in [-0.2, -0.15) is 5.26 Å². The largest absolute Gasteiger partial charge is 0.507 e. The first-order chi connectivity index (χ1) is 23.9. The highest BCUT2D eigenvalue weighted by Gasteiger charge is 2.60. The van der Waals surface area contributed by atoms with Crippen LogP contribution in [0.5, 0.6) is 23.0 Å². The molecule has 0 aromatic heterocycles. The number of thioether (sulfide) groups is 1. The first kappa shape index (κ1) is 34.7. The Morgan fingerprint density at radius 3 is 2.62 bits per heavy atom. The third-order valence-electron chi connectivity index (χ3n) is 11.2. The number of fused-ring (bicyclic) bond motifs is 9. The van der Waals surface area contributed by atoms with Gasteiger partial charge in [-0.25, -0.2) is 4.79 Å². The molecule has 2 aromatic rings. The molecule has 4 N–H and O–H groups in total. The second kappa shape index (κ2) is 13.1. The molecule has 2 saturated heterocycles. The predicted molar refractivity (Wildman–Crippen MR) is 184 cm³/mol. The number of ether oxygens (including phenoxy) is 5. The molecule has 8 atom stereocenters. The zero-order chi connectivity index (χ0) is 35.8. The molecule has 0 spiro atoms. The van der Waals surface area contributed by atoms with E-state index in [2.05, 4.69) is 41.2 Å². The van der Waals surface area contributed by atoms with Gasteiger partial charge in [0.15, 0.2) is 18.3 Å². The van der Waals surface area contributed by atoms with Crippen LogP contribution in [0, 0.1) is 38.0 Å². The molecule has 1 amide bonds. The van der Waals surface area contributed by atoms with Crippen molar-refractivity contribution in [3.8, 4) is 29.1 Å². The number of hydrogen-bond acceptors (Lipinski definition) is 13. The molecule has 14 heteroatoms. The van der Waals surface area contributed by atoms with Crippen LogP contribution in [0.15, 0.2) is 6.07 Å². The molecule has 13 nitrogen and oxygen atoms in total. The number of phenolic OH excluding ortho intramolecular Hbond substituents is 1. The van der Waals surface area contributed by atoms with Gasteiger partial charge in [0, 0.05) is 47.2 Å². The summed E-state index contributed by atoms with van der Waals surface area (Å²) in [5.41, 5.74) is 12.2. The van der Waals surface area contributed by atoms with Gasteiger partial charge in [-0.1, -0.05) is 19.9 Å². The molecule has 0 aliphatic carbocycles. The van der Waals surface area contributed by atoms with E-state index in [1.807, 2.05) is 20.8 Å². The van der Waals surface area contributed by atoms with Gasteiger partial charge in [0.25, 0.3) is 0 Å². The lowest BCUT2D eigenvalue weighted by Crippen LogP contribution is -2.69. The second-order valence-electron chi connectivity index (χ2n) is 14.3. The lowest BCUT2D eigenvalue weighted by atomic mass is 9.71. The number of esters is 1. The van der Waals surface area contributed by atoms with Crippen LogP contribution in [-0.2, 0) is 25.5 Å². The number of nitrogens with one attached hydrogen (secondary N) is 1. The minimum absolute atomic E-state index is 0.0219. The van der Waals surface area contributed by atoms with Gasteiger partial charge in [0.1, 0.15) is 30.2 Å². The topological polar surface area (TPSA) is 169 Å². The van der Waals surface area contributed by atoms with Crippen molar-refractivity contribution in [2.24, 2.45) is 11.7 Å². The highest BCUT2D eigenvalue weighted by Crippen LogP contribution is 2.63. The minimum atomic E-state index is -0.990. The van der Waals surface area contributed by atoms with E-state index >= 15 is 0 Å². The lowest BCUT2D eigenvalue weighted by molar-refractivity contribution is -0.152. The molecular weight excluding hydrogens is 662 g/mol. The van der Waals surface area contributed by atoms with Crippen molar-refractivity contribution < 1.29 is 38.4 Å². The molecule has 2 aromatic carbocycles. The quantitative estimate of drug-likeness (QED) is 0.296. The van der Waals surface area contributed by atoms with E-state index in [4.69, 9.17) is 29.4 Å². The summed E-state index contributed by atoms with van der Waals surface area (Å²) in [6, 6.07) is 0.844. The number of aryl methyl sites for hydroxylation is 1. The zero-order valence-corrected chi connectivity index (χ0v) is 30.3. The average Bonchev–Trinajstić information content (AvgIpc) is 3.58. The Hall–Kier alpha value is -3.74. The van der Waals surface area contributed by atoms with E-state index in [0.717, 1.165) is 28.0 Å². The van der Waals surface area contributed by atoms with Crippen LogP contribution in [0.2, 0.25) is 0 Å². The molecule has 2 fully saturated rings. The van der Waals surface area contributed by atoms with Crippen LogP contribution in [0.4, 0.5) is 0 Å². The summed E-state index contributed by atoms with van der Waals surface area (Å²) in [5.74, 6) is 0.718. The summed E-state index contributed by atoms with van der Waals surface area (Å²) in [6.07, 6.45) is 0.604. The number of amides is 1. The Balaban J connectivity index is 1.45. The van der Waals surface area contributed by atoms with Crippen molar-refractivity contribution in [1.29, 1.82) is 5.26 Å². The molecule has 3 unspecified atom stereocenters. The lowest BCUT2D eigenvalue weighted by Gasteiger charge is -2.62. The molecule has 268 valence electrons. The molecular formula is C36H45N5O8S. The van der Waals surface area contributed by atoms with Gasteiger partial charge in [0.05, 0.1) is 29.4 Å². The number of likely N-dealkylation sites (N-methyl/N-ethyl adjacent to an activating group) is 1. The van der Waals surface area contributed by atoms with E-state index < -0.39 is 47.3 Å². The summed E-state index contributed by atoms with van der Waals surface area (Å²) < 4.78 is 29.8. The van der Waals surface area contributed by atoms with Crippen molar-refractivity contribution >= 4 is 23.6 Å². The van der Waals surface area contributed by atoms with Crippen LogP contribution in [-0.4, -0.2) is 97.1 Å². The number of piperazine rings is 1. The van der Waals surface area contributed by atoms with Gasteiger partial charge in [0.2, 0.25) is 12.7 Å². The normalized spacial score (nSPS) is 29.0. The predicted octanol–water partition coefficient (Wildman–Crippen LogP) is 3.06. The Bertz CT molecular complexity index is 1780. The van der Waals surface area contributed by atoms with Gasteiger partial charge in [-0.15, -0.1) is 11.8 Å². The smallest absolute Gasteiger partial charge is 0.329 e. The number of methoxy groups -OCH3 is 1. The fourth-order valence-electron chi connectivity index (χ4n) is 8.53. The highest BCUT2D eigenvalue weighted by molar-refractivity contribution is 7.99. The Morgan fingerprint density at radius 2 is 1.92 bits per heavy atom. The highest BCUT2D eigenvalue weighted by atomic mass is 32.2. The minimum Gasteiger partial charge on any atom is -0.507 e. The zero-order valence-electron chi connectivity index (χ0n) is 29.4. The van der Waals surface area contributed by atoms with E-state index in [-0.39, 0.29) is 49.7 Å². The number of nitrogens with zero attached hydrogens (tertiary/aromatic N) is 3. The molecule has 5 aliphatic rings. The maximum Gasteiger partial charge on any atom is 0.329 e. The number of rotatable bonds is 6. The summed E-state index contributed by atoms with van der Waals surface area (Å²) in [5, 5.41) is 25.4. The number of nitriles is 1. The molecule has 0 saturated carbocycles. The van der Waals surface area contributed by atoms with Crippen molar-refractivity contribution in [3.63, 3.8) is 0 Å². The summed E-state index contributed by atoms with van der Waals surface area (Å²) in [4.78, 5) is 31.3. The fourth-order valence-corrected chi connectivity index (χ4v) is 10.0. The van der Waals surface area contributed by atoms with E-state index in [9.17, 15) is 20.0 Å². The third-order valence-corrected chi connectivity index (χ3v) is 12.6. The Labute approximate surface area is 296 Å². The number of cyclic esters (lactones) is 1.